The van der Waals surface area contributed by atoms with Crippen LogP contribution in [-0.2, 0) is 22.4 Å². The molecule has 0 spiro atoms. The summed E-state index contributed by atoms with van der Waals surface area (Å²) in [7, 11) is 0. The Morgan fingerprint density at radius 3 is 2.54 bits per heavy atom. The molecule has 4 aromatic rings. The van der Waals surface area contributed by atoms with Crippen molar-refractivity contribution in [2.75, 3.05) is 4.90 Å². The highest BCUT2D eigenvalue weighted by Gasteiger charge is 2.57. The van der Waals surface area contributed by atoms with E-state index in [1.54, 1.807) is 18.2 Å². The predicted molar refractivity (Wildman–Crippen MR) is 151 cm³/mol. The molecule has 1 saturated heterocycles. The molecule has 3 heterocycles. The number of H-pyrrole nitrogens is 1. The highest BCUT2D eigenvalue weighted by atomic mass is 35.5. The summed E-state index contributed by atoms with van der Waals surface area (Å²) in [5.41, 5.74) is 1.34. The number of amides is 2. The lowest BCUT2D eigenvalue weighted by molar-refractivity contribution is -0.137. The number of ether oxygens (including phenoxy) is 1. The van der Waals surface area contributed by atoms with E-state index in [1.807, 2.05) is 31.2 Å². The Bertz CT molecular complexity index is 1750. The molecule has 6 nitrogen and oxygen atoms in total. The molecular formula is C29H20ClF3N2O4S2. The van der Waals surface area contributed by atoms with Crippen molar-refractivity contribution in [3.8, 4) is 5.75 Å². The molecule has 2 aliphatic heterocycles. The number of nitrogens with zero attached hydrogens (tertiary/aromatic N) is 1. The number of aryl methyl sites for hydroxylation is 1. The number of hydrogen-bond acceptors (Lipinski definition) is 6. The van der Waals surface area contributed by atoms with Gasteiger partial charge in [-0.2, -0.15) is 13.2 Å². The zero-order chi connectivity index (χ0) is 29.1. The second-order valence-corrected chi connectivity index (χ2v) is 12.3. The molecule has 12 heteroatoms. The Hall–Kier alpha value is -3.54. The zero-order valence-corrected chi connectivity index (χ0v) is 23.6. The lowest BCUT2D eigenvalue weighted by Crippen LogP contribution is -2.32. The summed E-state index contributed by atoms with van der Waals surface area (Å²) in [5.74, 6) is -2.72. The van der Waals surface area contributed by atoms with Gasteiger partial charge in [-0.25, -0.2) is 4.90 Å². The monoisotopic (exact) mass is 616 g/mol. The van der Waals surface area contributed by atoms with Gasteiger partial charge in [-0.1, -0.05) is 65.0 Å². The van der Waals surface area contributed by atoms with Crippen molar-refractivity contribution < 1.29 is 27.5 Å². The van der Waals surface area contributed by atoms with E-state index < -0.39 is 40.6 Å². The van der Waals surface area contributed by atoms with Gasteiger partial charge in [-0.15, -0.1) is 0 Å². The first kappa shape index (κ1) is 27.6. The highest BCUT2D eigenvalue weighted by molar-refractivity contribution is 8.00. The van der Waals surface area contributed by atoms with E-state index in [2.05, 4.69) is 4.98 Å². The second-order valence-electron chi connectivity index (χ2n) is 9.71. The largest absolute Gasteiger partial charge is 0.489 e. The number of thioether (sulfide) groups is 1. The first-order valence-corrected chi connectivity index (χ1v) is 14.5. The quantitative estimate of drug-likeness (QED) is 0.250. The maximum atomic E-state index is 14.0. The number of aromatic amines is 1. The average molecular weight is 617 g/mol. The number of aromatic nitrogens is 1. The molecule has 0 unspecified atom stereocenters. The van der Waals surface area contributed by atoms with Gasteiger partial charge in [0.25, 0.3) is 0 Å². The summed E-state index contributed by atoms with van der Waals surface area (Å²) >= 11 is 8.36. The van der Waals surface area contributed by atoms with E-state index in [4.69, 9.17) is 16.3 Å². The SMILES string of the molecule is Cc1ccccc1COc1ccc(Cl)cc1[C@@H]1c2sc(=O)[nH]c2S[C@H]2C(=O)N(c3cccc(C(F)(F)F)c3)C(=O)[C@@H]12. The fraction of sp³-hybridized carbons (Fsp3) is 0.207. The summed E-state index contributed by atoms with van der Waals surface area (Å²) < 4.78 is 46.6. The molecule has 2 aliphatic rings. The van der Waals surface area contributed by atoms with Gasteiger partial charge in [0.15, 0.2) is 0 Å². The molecule has 1 fully saturated rings. The molecule has 1 aromatic heterocycles. The first-order chi connectivity index (χ1) is 19.5. The van der Waals surface area contributed by atoms with Crippen LogP contribution >= 0.6 is 34.7 Å². The Morgan fingerprint density at radius 2 is 1.78 bits per heavy atom. The van der Waals surface area contributed by atoms with E-state index in [1.165, 1.54) is 6.07 Å². The fourth-order valence-corrected chi connectivity index (χ4v) is 7.94. The van der Waals surface area contributed by atoms with Gasteiger partial charge >= 0.3 is 11.0 Å². The van der Waals surface area contributed by atoms with Crippen LogP contribution in [0.4, 0.5) is 18.9 Å². The van der Waals surface area contributed by atoms with Crippen LogP contribution in [0.3, 0.4) is 0 Å². The standard InChI is InChI=1S/C29H20ClF3N2O4S2/c1-14-5-2-3-6-15(14)13-39-20-10-9-17(30)12-19(20)21-22-24(40-25-23(21)41-28(38)34-25)27(37)35(26(22)36)18-8-4-7-16(11-18)29(31,32)33/h2-12,21-22,24H,13H2,1H3,(H,34,38)/t21-,22-,24+/m0/s1. The smallest absolute Gasteiger partial charge is 0.416 e. The van der Waals surface area contributed by atoms with Crippen LogP contribution in [0.25, 0.3) is 0 Å². The van der Waals surface area contributed by atoms with Crippen LogP contribution in [0.1, 0.15) is 33.0 Å². The number of carbonyl (C=O) groups is 2. The van der Waals surface area contributed by atoms with Crippen molar-refractivity contribution in [3.63, 3.8) is 0 Å². The van der Waals surface area contributed by atoms with E-state index in [-0.39, 0.29) is 17.2 Å². The van der Waals surface area contributed by atoms with E-state index in [0.29, 0.717) is 26.2 Å². The number of thiazole rings is 1. The van der Waals surface area contributed by atoms with Crippen molar-refractivity contribution in [1.29, 1.82) is 0 Å². The third-order valence-electron chi connectivity index (χ3n) is 7.21. The van der Waals surface area contributed by atoms with Gasteiger partial charge in [0.05, 0.1) is 22.2 Å². The first-order valence-electron chi connectivity index (χ1n) is 12.4. The molecule has 2 amide bonds. The van der Waals surface area contributed by atoms with Gasteiger partial charge in [-0.3, -0.25) is 14.4 Å². The van der Waals surface area contributed by atoms with E-state index in [0.717, 1.165) is 57.3 Å². The van der Waals surface area contributed by atoms with Crippen LogP contribution in [0.15, 0.2) is 76.6 Å². The number of nitrogens with one attached hydrogen (secondary N) is 1. The van der Waals surface area contributed by atoms with Gasteiger partial charge in [0.1, 0.15) is 17.6 Å². The lowest BCUT2D eigenvalue weighted by atomic mass is 9.82. The molecule has 0 radical (unpaired) electrons. The Kier molecular flexibility index (Phi) is 6.99. The van der Waals surface area contributed by atoms with E-state index in [9.17, 15) is 27.6 Å². The molecule has 3 aromatic carbocycles. The topological polar surface area (TPSA) is 79.5 Å². The van der Waals surface area contributed by atoms with Crippen LogP contribution in [0.5, 0.6) is 5.75 Å². The van der Waals surface area contributed by atoms with Gasteiger partial charge < -0.3 is 9.72 Å². The van der Waals surface area contributed by atoms with Gasteiger partial charge in [0.2, 0.25) is 11.8 Å². The second kappa shape index (κ2) is 10.4. The molecule has 0 bridgehead atoms. The minimum atomic E-state index is -4.65. The maximum Gasteiger partial charge on any atom is 0.416 e. The van der Waals surface area contributed by atoms with Crippen molar-refractivity contribution in [2.24, 2.45) is 5.92 Å². The third kappa shape index (κ3) is 4.96. The maximum absolute atomic E-state index is 14.0. The average Bonchev–Trinajstić information content (AvgIpc) is 3.42. The number of alkyl halides is 3. The fourth-order valence-electron chi connectivity index (χ4n) is 5.25. The Balaban J connectivity index is 1.45. The molecule has 210 valence electrons. The van der Waals surface area contributed by atoms with Crippen LogP contribution in [0.2, 0.25) is 5.02 Å². The number of anilines is 1. The number of imide groups is 1. The number of carbonyl (C=O) groups excluding carboxylic acids is 2. The molecule has 1 N–H and O–H groups in total. The minimum Gasteiger partial charge on any atom is -0.489 e. The molecule has 0 aliphatic carbocycles. The molecule has 3 atom stereocenters. The van der Waals surface area contributed by atoms with Crippen molar-refractivity contribution in [2.45, 2.75) is 35.9 Å². The number of fused-ring (bicyclic) bond motifs is 2. The Labute approximate surface area is 245 Å². The normalized spacial score (nSPS) is 20.2. The summed E-state index contributed by atoms with van der Waals surface area (Å²) in [4.78, 5) is 43.8. The van der Waals surface area contributed by atoms with Crippen molar-refractivity contribution in [3.05, 3.63) is 109 Å². The van der Waals surface area contributed by atoms with Gasteiger partial charge in [-0.05, 0) is 54.4 Å². The minimum absolute atomic E-state index is 0.164. The zero-order valence-electron chi connectivity index (χ0n) is 21.2. The summed E-state index contributed by atoms with van der Waals surface area (Å²) in [6.45, 7) is 2.18. The van der Waals surface area contributed by atoms with Crippen LogP contribution in [-0.4, -0.2) is 22.0 Å². The molecule has 0 saturated carbocycles. The van der Waals surface area contributed by atoms with Gasteiger partial charge in [0, 0.05) is 21.4 Å². The highest BCUT2D eigenvalue weighted by Crippen LogP contribution is 2.55. The summed E-state index contributed by atoms with van der Waals surface area (Å²) in [5, 5.41) is -0.194. The summed E-state index contributed by atoms with van der Waals surface area (Å²) in [6.07, 6.45) is -4.65. The lowest BCUT2D eigenvalue weighted by Gasteiger charge is -2.31. The van der Waals surface area contributed by atoms with Crippen LogP contribution < -0.4 is 14.5 Å². The van der Waals surface area contributed by atoms with E-state index >= 15 is 0 Å². The Morgan fingerprint density at radius 1 is 1.00 bits per heavy atom. The number of hydrogen-bond donors (Lipinski definition) is 1. The third-order valence-corrected chi connectivity index (χ3v) is 9.84. The predicted octanol–water partition coefficient (Wildman–Crippen LogP) is 6.79. The van der Waals surface area contributed by atoms with Crippen molar-refractivity contribution in [1.82, 2.24) is 4.98 Å². The number of rotatable bonds is 5. The molecule has 6 rings (SSSR count). The summed E-state index contributed by atoms with van der Waals surface area (Å²) in [6, 6.07) is 16.8. The van der Waals surface area contributed by atoms with Crippen molar-refractivity contribution >= 4 is 52.2 Å². The molecule has 41 heavy (non-hydrogen) atoms. The number of halogens is 4. The molecular weight excluding hydrogens is 597 g/mol. The number of benzene rings is 3. The van der Waals surface area contributed by atoms with Crippen LogP contribution in [0, 0.1) is 12.8 Å².